The van der Waals surface area contributed by atoms with Crippen LogP contribution in [0.4, 0.5) is 0 Å². The Morgan fingerprint density at radius 2 is 2.13 bits per heavy atom. The number of hydrogen-bond donors (Lipinski definition) is 0. The van der Waals surface area contributed by atoms with Crippen molar-refractivity contribution in [2.45, 2.75) is 19.8 Å². The van der Waals surface area contributed by atoms with Crippen molar-refractivity contribution >= 4 is 11.8 Å². The van der Waals surface area contributed by atoms with Gasteiger partial charge in [0.25, 0.3) is 0 Å². The summed E-state index contributed by atoms with van der Waals surface area (Å²) in [5.41, 5.74) is 1.74. The molecule has 0 aromatic rings. The molecule has 0 fully saturated rings. The number of carbonyl (C=O) groups excluding carboxylic acids is 2. The van der Waals surface area contributed by atoms with Crippen LogP contribution in [0.15, 0.2) is 11.1 Å². The molecular weight excluding hydrogens is 196 g/mol. The molecule has 1 unspecified atom stereocenters. The van der Waals surface area contributed by atoms with Gasteiger partial charge in [-0.15, -0.1) is 0 Å². The lowest BCUT2D eigenvalue weighted by Crippen LogP contribution is -2.15. The van der Waals surface area contributed by atoms with Crippen molar-refractivity contribution in [1.82, 2.24) is 0 Å². The van der Waals surface area contributed by atoms with Crippen molar-refractivity contribution in [2.75, 3.05) is 20.8 Å². The summed E-state index contributed by atoms with van der Waals surface area (Å²) >= 11 is 0. The molecule has 0 aliphatic heterocycles. The van der Waals surface area contributed by atoms with Gasteiger partial charge in [0, 0.05) is 13.0 Å². The number of hydrogen-bond acceptors (Lipinski definition) is 4. The predicted molar refractivity (Wildman–Crippen MR) is 54.3 cm³/mol. The summed E-state index contributed by atoms with van der Waals surface area (Å²) in [6.45, 7) is 2.25. The zero-order valence-electron chi connectivity index (χ0n) is 9.33. The lowest BCUT2D eigenvalue weighted by molar-refractivity contribution is -0.143. The van der Waals surface area contributed by atoms with Gasteiger partial charge in [-0.3, -0.25) is 9.59 Å². The topological polar surface area (TPSA) is 52.6 Å². The van der Waals surface area contributed by atoms with Crippen LogP contribution in [0, 0.1) is 5.92 Å². The van der Waals surface area contributed by atoms with Crippen LogP contribution in [0.25, 0.3) is 0 Å². The third-order valence-electron chi connectivity index (χ3n) is 2.72. The number of ether oxygens (including phenoxy) is 2. The maximum atomic E-state index is 11.7. The Morgan fingerprint density at radius 3 is 2.67 bits per heavy atom. The van der Waals surface area contributed by atoms with E-state index in [9.17, 15) is 9.59 Å². The average molecular weight is 212 g/mol. The van der Waals surface area contributed by atoms with E-state index in [4.69, 9.17) is 4.74 Å². The smallest absolute Gasteiger partial charge is 0.306 e. The molecule has 1 aliphatic carbocycles. The summed E-state index contributed by atoms with van der Waals surface area (Å²) in [5, 5.41) is 0. The molecule has 0 saturated carbocycles. The third-order valence-corrected chi connectivity index (χ3v) is 2.72. The van der Waals surface area contributed by atoms with Crippen molar-refractivity contribution in [3.05, 3.63) is 11.1 Å². The van der Waals surface area contributed by atoms with E-state index < -0.39 is 0 Å². The summed E-state index contributed by atoms with van der Waals surface area (Å²) < 4.78 is 9.55. The van der Waals surface area contributed by atoms with E-state index in [1.54, 1.807) is 14.0 Å². The number of rotatable bonds is 4. The SMILES string of the molecule is COCC1=C(C)C(=O)C(CC(=O)OC)C1. The predicted octanol–water partition coefficient (Wildman–Crippen LogP) is 1.10. The summed E-state index contributed by atoms with van der Waals surface area (Å²) in [4.78, 5) is 22.8. The first kappa shape index (κ1) is 11.9. The largest absolute Gasteiger partial charge is 0.469 e. The van der Waals surface area contributed by atoms with E-state index in [1.165, 1.54) is 7.11 Å². The van der Waals surface area contributed by atoms with Gasteiger partial charge in [-0.1, -0.05) is 0 Å². The molecule has 1 aliphatic rings. The molecule has 1 rings (SSSR count). The molecule has 0 spiro atoms. The van der Waals surface area contributed by atoms with Crippen LogP contribution < -0.4 is 0 Å². The molecular formula is C11H16O4. The van der Waals surface area contributed by atoms with Crippen molar-refractivity contribution in [2.24, 2.45) is 5.92 Å². The summed E-state index contributed by atoms with van der Waals surface area (Å²) in [5.74, 6) is -0.533. The maximum absolute atomic E-state index is 11.7. The second-order valence-corrected chi connectivity index (χ2v) is 3.71. The molecule has 4 nitrogen and oxygen atoms in total. The van der Waals surface area contributed by atoms with E-state index in [0.29, 0.717) is 13.0 Å². The van der Waals surface area contributed by atoms with Gasteiger partial charge in [-0.25, -0.2) is 0 Å². The van der Waals surface area contributed by atoms with Gasteiger partial charge in [0.15, 0.2) is 5.78 Å². The minimum atomic E-state index is -0.334. The second kappa shape index (κ2) is 5.07. The van der Waals surface area contributed by atoms with E-state index >= 15 is 0 Å². The standard InChI is InChI=1S/C11H16O4/c1-7-9(6-14-2)4-8(11(7)13)5-10(12)15-3/h8H,4-6H2,1-3H3. The Balaban J connectivity index is 2.62. The van der Waals surface area contributed by atoms with Crippen LogP contribution in [0.1, 0.15) is 19.8 Å². The molecule has 15 heavy (non-hydrogen) atoms. The fourth-order valence-electron chi connectivity index (χ4n) is 1.81. The highest BCUT2D eigenvalue weighted by atomic mass is 16.5. The lowest BCUT2D eigenvalue weighted by atomic mass is 10.00. The van der Waals surface area contributed by atoms with Crippen LogP contribution in [-0.2, 0) is 19.1 Å². The fraction of sp³-hybridized carbons (Fsp3) is 0.636. The van der Waals surface area contributed by atoms with Gasteiger partial charge < -0.3 is 9.47 Å². The number of esters is 1. The monoisotopic (exact) mass is 212 g/mol. The number of allylic oxidation sites excluding steroid dienone is 1. The van der Waals surface area contributed by atoms with Crippen LogP contribution in [0.3, 0.4) is 0 Å². The van der Waals surface area contributed by atoms with Crippen molar-refractivity contribution in [3.8, 4) is 0 Å². The van der Waals surface area contributed by atoms with Crippen molar-refractivity contribution < 1.29 is 19.1 Å². The molecule has 0 saturated heterocycles. The van der Waals surface area contributed by atoms with Gasteiger partial charge >= 0.3 is 5.97 Å². The zero-order valence-corrected chi connectivity index (χ0v) is 9.33. The van der Waals surface area contributed by atoms with Crippen molar-refractivity contribution in [3.63, 3.8) is 0 Å². The van der Waals surface area contributed by atoms with Crippen LogP contribution >= 0.6 is 0 Å². The van der Waals surface area contributed by atoms with E-state index in [-0.39, 0.29) is 24.1 Å². The highest BCUT2D eigenvalue weighted by Crippen LogP contribution is 2.30. The molecule has 4 heteroatoms. The summed E-state index contributed by atoms with van der Waals surface area (Å²) in [6.07, 6.45) is 0.785. The Bertz CT molecular complexity index is 304. The summed E-state index contributed by atoms with van der Waals surface area (Å²) in [7, 11) is 2.93. The Hall–Kier alpha value is -1.16. The quantitative estimate of drug-likeness (QED) is 0.655. The first-order valence-corrected chi connectivity index (χ1v) is 4.88. The lowest BCUT2D eigenvalue weighted by Gasteiger charge is -2.06. The van der Waals surface area contributed by atoms with Crippen LogP contribution in [0.5, 0.6) is 0 Å². The molecule has 1 atom stereocenters. The Morgan fingerprint density at radius 1 is 1.47 bits per heavy atom. The maximum Gasteiger partial charge on any atom is 0.306 e. The number of methoxy groups -OCH3 is 2. The van der Waals surface area contributed by atoms with E-state index in [1.807, 2.05) is 0 Å². The average Bonchev–Trinajstić information content (AvgIpc) is 2.47. The number of ketones is 1. The third kappa shape index (κ3) is 2.65. The first-order valence-electron chi connectivity index (χ1n) is 4.88. The highest BCUT2D eigenvalue weighted by molar-refractivity contribution is 6.01. The molecule has 0 amide bonds. The summed E-state index contributed by atoms with van der Waals surface area (Å²) in [6, 6.07) is 0. The molecule has 0 N–H and O–H groups in total. The normalized spacial score (nSPS) is 21.0. The molecule has 0 heterocycles. The number of carbonyl (C=O) groups is 2. The van der Waals surface area contributed by atoms with Gasteiger partial charge in [-0.05, 0) is 24.5 Å². The Kier molecular flexibility index (Phi) is 4.03. The fourth-order valence-corrected chi connectivity index (χ4v) is 1.81. The van der Waals surface area contributed by atoms with Crippen LogP contribution in [0.2, 0.25) is 0 Å². The molecule has 0 bridgehead atoms. The van der Waals surface area contributed by atoms with Crippen molar-refractivity contribution in [1.29, 1.82) is 0 Å². The van der Waals surface area contributed by atoms with E-state index in [2.05, 4.69) is 4.74 Å². The highest BCUT2D eigenvalue weighted by Gasteiger charge is 2.31. The Labute approximate surface area is 89.2 Å². The molecule has 0 radical (unpaired) electrons. The minimum absolute atomic E-state index is 0.0486. The van der Waals surface area contributed by atoms with Gasteiger partial charge in [0.1, 0.15) is 0 Å². The van der Waals surface area contributed by atoms with Gasteiger partial charge in [0.2, 0.25) is 0 Å². The molecule has 0 aromatic heterocycles. The van der Waals surface area contributed by atoms with E-state index in [0.717, 1.165) is 11.1 Å². The minimum Gasteiger partial charge on any atom is -0.469 e. The molecule has 0 aromatic carbocycles. The van der Waals surface area contributed by atoms with Gasteiger partial charge in [-0.2, -0.15) is 0 Å². The second-order valence-electron chi connectivity index (χ2n) is 3.71. The van der Waals surface area contributed by atoms with Gasteiger partial charge in [0.05, 0.1) is 20.1 Å². The first-order chi connectivity index (χ1) is 7.10. The zero-order chi connectivity index (χ0) is 11.4. The molecule has 84 valence electrons. The van der Waals surface area contributed by atoms with Crippen LogP contribution in [-0.4, -0.2) is 32.6 Å². The number of Topliss-reactive ketones (excluding diaryl/α,β-unsaturated/α-hetero) is 1.